The Balaban J connectivity index is 2.94. The van der Waals surface area contributed by atoms with Crippen LogP contribution in [0.15, 0.2) is 18.2 Å². The summed E-state index contributed by atoms with van der Waals surface area (Å²) in [5.74, 6) is 1.57. The monoisotopic (exact) mass is 235 g/mol. The molecule has 0 fully saturated rings. The lowest BCUT2D eigenvalue weighted by atomic mass is 9.87. The van der Waals surface area contributed by atoms with Crippen molar-refractivity contribution in [3.8, 4) is 5.75 Å². The predicted octanol–water partition coefficient (Wildman–Crippen LogP) is 3.62. The van der Waals surface area contributed by atoms with Crippen molar-refractivity contribution in [2.24, 2.45) is 5.73 Å². The van der Waals surface area contributed by atoms with Gasteiger partial charge in [-0.15, -0.1) is 0 Å². The van der Waals surface area contributed by atoms with E-state index >= 15 is 0 Å². The molecule has 0 aliphatic heterocycles. The van der Waals surface area contributed by atoms with E-state index < -0.39 is 0 Å². The Morgan fingerprint density at radius 3 is 2.53 bits per heavy atom. The molecule has 2 unspecified atom stereocenters. The second-order valence-electron chi connectivity index (χ2n) is 4.85. The van der Waals surface area contributed by atoms with Crippen molar-refractivity contribution >= 4 is 0 Å². The molecule has 17 heavy (non-hydrogen) atoms. The molecule has 1 aromatic carbocycles. The molecule has 0 spiro atoms. The second-order valence-corrected chi connectivity index (χ2v) is 4.85. The quantitative estimate of drug-likeness (QED) is 0.817. The molecular formula is C15H25NO. The number of ether oxygens (including phenoxy) is 1. The van der Waals surface area contributed by atoms with Gasteiger partial charge in [0.25, 0.3) is 0 Å². The maximum Gasteiger partial charge on any atom is 0.122 e. The van der Waals surface area contributed by atoms with Crippen LogP contribution in [0.1, 0.15) is 50.2 Å². The molecular weight excluding hydrogens is 210 g/mol. The molecule has 96 valence electrons. The number of nitrogens with two attached hydrogens (primary N) is 1. The third-order valence-electron chi connectivity index (χ3n) is 3.38. The molecule has 0 saturated heterocycles. The van der Waals surface area contributed by atoms with Crippen molar-refractivity contribution in [3.63, 3.8) is 0 Å². The van der Waals surface area contributed by atoms with Crippen LogP contribution in [0.5, 0.6) is 5.75 Å². The van der Waals surface area contributed by atoms with Gasteiger partial charge in [-0.3, -0.25) is 0 Å². The van der Waals surface area contributed by atoms with Gasteiger partial charge in [-0.2, -0.15) is 0 Å². The number of methoxy groups -OCH3 is 1. The fourth-order valence-corrected chi connectivity index (χ4v) is 2.37. The van der Waals surface area contributed by atoms with E-state index in [1.807, 2.05) is 0 Å². The van der Waals surface area contributed by atoms with Crippen LogP contribution in [0, 0.1) is 6.92 Å². The molecule has 0 aliphatic rings. The highest BCUT2D eigenvalue weighted by Gasteiger charge is 2.16. The van der Waals surface area contributed by atoms with Crippen LogP contribution in [-0.4, -0.2) is 13.2 Å². The average Bonchev–Trinajstić information content (AvgIpc) is 2.31. The molecule has 2 N–H and O–H groups in total. The summed E-state index contributed by atoms with van der Waals surface area (Å²) >= 11 is 0. The first-order valence-corrected chi connectivity index (χ1v) is 6.49. The predicted molar refractivity (Wildman–Crippen MR) is 73.6 cm³/mol. The lowest BCUT2D eigenvalue weighted by Gasteiger charge is -2.21. The molecule has 0 aliphatic carbocycles. The van der Waals surface area contributed by atoms with Gasteiger partial charge in [0.15, 0.2) is 0 Å². The molecule has 1 aromatic rings. The van der Waals surface area contributed by atoms with E-state index in [1.165, 1.54) is 11.1 Å². The smallest absolute Gasteiger partial charge is 0.122 e. The number of benzene rings is 1. The molecule has 0 heterocycles. The van der Waals surface area contributed by atoms with Gasteiger partial charge in [-0.05, 0) is 50.7 Å². The van der Waals surface area contributed by atoms with E-state index in [4.69, 9.17) is 10.5 Å². The van der Waals surface area contributed by atoms with E-state index in [-0.39, 0.29) is 6.04 Å². The fraction of sp³-hybridized carbons (Fsp3) is 0.600. The van der Waals surface area contributed by atoms with Crippen molar-refractivity contribution in [2.75, 3.05) is 7.11 Å². The average molecular weight is 235 g/mol. The molecule has 0 aromatic heterocycles. The zero-order valence-electron chi connectivity index (χ0n) is 11.5. The van der Waals surface area contributed by atoms with Crippen molar-refractivity contribution in [2.45, 2.75) is 52.0 Å². The number of hydrogen-bond donors (Lipinski definition) is 1. The van der Waals surface area contributed by atoms with E-state index in [1.54, 1.807) is 7.11 Å². The minimum Gasteiger partial charge on any atom is -0.496 e. The SMILES string of the molecule is CCC(CCC(C)N)c1c(C)cccc1OC. The van der Waals surface area contributed by atoms with E-state index in [9.17, 15) is 0 Å². The lowest BCUT2D eigenvalue weighted by molar-refractivity contribution is 0.400. The van der Waals surface area contributed by atoms with Crippen LogP contribution >= 0.6 is 0 Å². The first kappa shape index (κ1) is 14.0. The Morgan fingerprint density at radius 1 is 1.29 bits per heavy atom. The maximum atomic E-state index is 5.85. The van der Waals surface area contributed by atoms with Crippen molar-refractivity contribution in [1.29, 1.82) is 0 Å². The second kappa shape index (κ2) is 6.65. The van der Waals surface area contributed by atoms with Crippen molar-refractivity contribution < 1.29 is 4.74 Å². The summed E-state index contributed by atoms with van der Waals surface area (Å²) in [6.07, 6.45) is 3.33. The van der Waals surface area contributed by atoms with Crippen LogP contribution in [0.25, 0.3) is 0 Å². The van der Waals surface area contributed by atoms with Gasteiger partial charge in [-0.25, -0.2) is 0 Å². The summed E-state index contributed by atoms with van der Waals surface area (Å²) in [7, 11) is 1.75. The summed E-state index contributed by atoms with van der Waals surface area (Å²) in [6.45, 7) is 6.46. The van der Waals surface area contributed by atoms with Gasteiger partial charge < -0.3 is 10.5 Å². The van der Waals surface area contributed by atoms with E-state index in [2.05, 4.69) is 39.0 Å². The highest BCUT2D eigenvalue weighted by molar-refractivity contribution is 5.42. The Bertz CT molecular complexity index is 347. The number of aryl methyl sites for hydroxylation is 1. The van der Waals surface area contributed by atoms with Crippen molar-refractivity contribution in [3.05, 3.63) is 29.3 Å². The molecule has 0 amide bonds. The number of rotatable bonds is 6. The number of hydrogen-bond acceptors (Lipinski definition) is 2. The van der Waals surface area contributed by atoms with E-state index in [0.717, 1.165) is 25.0 Å². The molecule has 0 bridgehead atoms. The molecule has 0 radical (unpaired) electrons. The summed E-state index contributed by atoms with van der Waals surface area (Å²) in [5, 5.41) is 0. The zero-order chi connectivity index (χ0) is 12.8. The third kappa shape index (κ3) is 3.74. The largest absolute Gasteiger partial charge is 0.496 e. The summed E-state index contributed by atoms with van der Waals surface area (Å²) in [5.41, 5.74) is 8.53. The molecule has 2 atom stereocenters. The van der Waals surface area contributed by atoms with Crippen molar-refractivity contribution in [1.82, 2.24) is 0 Å². The summed E-state index contributed by atoms with van der Waals surface area (Å²) in [6, 6.07) is 6.54. The minimum absolute atomic E-state index is 0.277. The van der Waals surface area contributed by atoms with Gasteiger partial charge in [0.05, 0.1) is 7.11 Å². The van der Waals surface area contributed by atoms with Gasteiger partial charge in [0.2, 0.25) is 0 Å². The van der Waals surface area contributed by atoms with E-state index in [0.29, 0.717) is 5.92 Å². The summed E-state index contributed by atoms with van der Waals surface area (Å²) < 4.78 is 5.48. The molecule has 2 nitrogen and oxygen atoms in total. The lowest BCUT2D eigenvalue weighted by Crippen LogP contribution is -2.16. The Labute approximate surface area is 105 Å². The van der Waals surface area contributed by atoms with Gasteiger partial charge in [0, 0.05) is 11.6 Å². The first-order valence-electron chi connectivity index (χ1n) is 6.49. The maximum absolute atomic E-state index is 5.85. The van der Waals surface area contributed by atoms with Crippen LogP contribution < -0.4 is 10.5 Å². The Hall–Kier alpha value is -1.02. The minimum atomic E-state index is 0.277. The van der Waals surface area contributed by atoms with Gasteiger partial charge in [-0.1, -0.05) is 19.1 Å². The Kier molecular flexibility index (Phi) is 5.49. The zero-order valence-corrected chi connectivity index (χ0v) is 11.5. The van der Waals surface area contributed by atoms with Crippen LogP contribution in [0.4, 0.5) is 0 Å². The standard InChI is InChI=1S/C15H25NO/c1-5-13(10-9-12(3)16)15-11(2)7-6-8-14(15)17-4/h6-8,12-13H,5,9-10,16H2,1-4H3. The first-order chi connectivity index (χ1) is 8.10. The topological polar surface area (TPSA) is 35.2 Å². The van der Waals surface area contributed by atoms with Gasteiger partial charge >= 0.3 is 0 Å². The van der Waals surface area contributed by atoms with Gasteiger partial charge in [0.1, 0.15) is 5.75 Å². The highest BCUT2D eigenvalue weighted by atomic mass is 16.5. The normalized spacial score (nSPS) is 14.4. The van der Waals surface area contributed by atoms with Crippen LogP contribution in [0.3, 0.4) is 0 Å². The third-order valence-corrected chi connectivity index (χ3v) is 3.38. The van der Waals surface area contributed by atoms with Crippen LogP contribution in [0.2, 0.25) is 0 Å². The summed E-state index contributed by atoms with van der Waals surface area (Å²) in [4.78, 5) is 0. The molecule has 0 saturated carbocycles. The highest BCUT2D eigenvalue weighted by Crippen LogP contribution is 2.34. The Morgan fingerprint density at radius 2 is 2.00 bits per heavy atom. The van der Waals surface area contributed by atoms with Crippen LogP contribution in [-0.2, 0) is 0 Å². The fourth-order valence-electron chi connectivity index (χ4n) is 2.37. The molecule has 2 heteroatoms. The molecule has 1 rings (SSSR count).